The van der Waals surface area contributed by atoms with E-state index in [-0.39, 0.29) is 5.92 Å². The third-order valence-electron chi connectivity index (χ3n) is 3.30. The van der Waals surface area contributed by atoms with Crippen molar-refractivity contribution < 1.29 is 4.79 Å². The summed E-state index contributed by atoms with van der Waals surface area (Å²) in [7, 11) is 0. The zero-order chi connectivity index (χ0) is 11.7. The molecule has 1 saturated heterocycles. The number of hydrogen-bond donors (Lipinski definition) is 0. The lowest BCUT2D eigenvalue weighted by Crippen LogP contribution is -2.35. The summed E-state index contributed by atoms with van der Waals surface area (Å²) in [6.45, 7) is 1.88. The Kier molecular flexibility index (Phi) is 2.81. The Labute approximate surface area is 104 Å². The first-order valence-corrected chi connectivity index (χ1v) is 6.70. The molecular formula is C13H14N2OS. The van der Waals surface area contributed by atoms with Gasteiger partial charge >= 0.3 is 0 Å². The molecular weight excluding hydrogens is 232 g/mol. The monoisotopic (exact) mass is 246 g/mol. The van der Waals surface area contributed by atoms with Gasteiger partial charge in [0.15, 0.2) is 0 Å². The fourth-order valence-electron chi connectivity index (χ4n) is 2.41. The molecule has 0 bridgehead atoms. The van der Waals surface area contributed by atoms with E-state index in [2.05, 4.69) is 15.3 Å². The lowest BCUT2D eigenvalue weighted by Gasteiger charge is -2.30. The lowest BCUT2D eigenvalue weighted by molar-refractivity contribution is -0.111. The molecule has 1 fully saturated rings. The molecule has 88 valence electrons. The van der Waals surface area contributed by atoms with Gasteiger partial charge in [-0.3, -0.25) is 0 Å². The van der Waals surface area contributed by atoms with E-state index in [1.807, 2.05) is 18.2 Å². The number of carbonyl (C=O) groups is 1. The van der Waals surface area contributed by atoms with Crippen LogP contribution >= 0.6 is 11.5 Å². The van der Waals surface area contributed by atoms with Crippen molar-refractivity contribution in [2.75, 3.05) is 18.0 Å². The van der Waals surface area contributed by atoms with Gasteiger partial charge in [0.05, 0.1) is 5.52 Å². The average molecular weight is 246 g/mol. The molecule has 1 unspecified atom stereocenters. The van der Waals surface area contributed by atoms with Crippen LogP contribution in [0, 0.1) is 5.92 Å². The van der Waals surface area contributed by atoms with Crippen LogP contribution in [0.1, 0.15) is 12.8 Å². The maximum atomic E-state index is 10.9. The maximum absolute atomic E-state index is 10.9. The summed E-state index contributed by atoms with van der Waals surface area (Å²) >= 11 is 1.54. The highest BCUT2D eigenvalue weighted by Gasteiger charge is 2.22. The van der Waals surface area contributed by atoms with E-state index in [4.69, 9.17) is 0 Å². The van der Waals surface area contributed by atoms with Gasteiger partial charge in [-0.15, -0.1) is 0 Å². The minimum absolute atomic E-state index is 0.185. The Bertz CT molecular complexity index is 537. The van der Waals surface area contributed by atoms with Gasteiger partial charge < -0.3 is 9.69 Å². The van der Waals surface area contributed by atoms with Crippen LogP contribution in [0.3, 0.4) is 0 Å². The van der Waals surface area contributed by atoms with Crippen molar-refractivity contribution >= 4 is 33.7 Å². The van der Waals surface area contributed by atoms with Crippen molar-refractivity contribution in [3.05, 3.63) is 24.3 Å². The Morgan fingerprint density at radius 3 is 3.18 bits per heavy atom. The topological polar surface area (TPSA) is 33.2 Å². The lowest BCUT2D eigenvalue weighted by atomic mass is 10.00. The third kappa shape index (κ3) is 1.93. The van der Waals surface area contributed by atoms with E-state index in [1.165, 1.54) is 10.4 Å². The number of rotatable bonds is 2. The second-order valence-corrected chi connectivity index (χ2v) is 5.24. The van der Waals surface area contributed by atoms with E-state index >= 15 is 0 Å². The molecule has 1 aliphatic heterocycles. The minimum Gasteiger partial charge on any atom is -0.361 e. The molecule has 1 aromatic heterocycles. The van der Waals surface area contributed by atoms with Gasteiger partial charge in [0.1, 0.15) is 11.3 Å². The van der Waals surface area contributed by atoms with Gasteiger partial charge in [0.2, 0.25) is 0 Å². The molecule has 1 atom stereocenters. The van der Waals surface area contributed by atoms with Crippen LogP contribution in [-0.4, -0.2) is 23.7 Å². The number of benzene rings is 1. The van der Waals surface area contributed by atoms with Crippen molar-refractivity contribution in [3.63, 3.8) is 0 Å². The number of piperidine rings is 1. The summed E-state index contributed by atoms with van der Waals surface area (Å²) in [6.07, 6.45) is 3.21. The van der Waals surface area contributed by atoms with E-state index in [0.29, 0.717) is 0 Å². The molecule has 0 N–H and O–H groups in total. The zero-order valence-electron chi connectivity index (χ0n) is 9.50. The molecule has 0 aliphatic carbocycles. The zero-order valence-corrected chi connectivity index (χ0v) is 10.3. The molecule has 0 radical (unpaired) electrons. The summed E-state index contributed by atoms with van der Waals surface area (Å²) < 4.78 is 4.46. The Hall–Kier alpha value is -1.42. The van der Waals surface area contributed by atoms with E-state index in [0.717, 1.165) is 37.7 Å². The summed E-state index contributed by atoms with van der Waals surface area (Å²) in [5.74, 6) is 0.185. The first-order chi connectivity index (χ1) is 8.38. The smallest absolute Gasteiger partial charge is 0.124 e. The highest BCUT2D eigenvalue weighted by Crippen LogP contribution is 2.33. The van der Waals surface area contributed by atoms with Crippen molar-refractivity contribution in [2.45, 2.75) is 12.8 Å². The minimum atomic E-state index is 0.185. The molecule has 0 amide bonds. The standard InChI is InChI=1S/C13H14N2OS/c16-9-10-4-3-7-15(8-10)13-11-5-1-2-6-12(11)14-17-13/h1-2,5-6,9-10H,3-4,7-8H2. The normalized spacial score (nSPS) is 20.7. The summed E-state index contributed by atoms with van der Waals surface area (Å²) in [4.78, 5) is 13.2. The maximum Gasteiger partial charge on any atom is 0.124 e. The van der Waals surface area contributed by atoms with Gasteiger partial charge in [-0.05, 0) is 36.5 Å². The van der Waals surface area contributed by atoms with Gasteiger partial charge in [-0.1, -0.05) is 12.1 Å². The number of anilines is 1. The van der Waals surface area contributed by atoms with Gasteiger partial charge in [0.25, 0.3) is 0 Å². The predicted octanol–water partition coefficient (Wildman–Crippen LogP) is 2.71. The summed E-state index contributed by atoms with van der Waals surface area (Å²) in [5, 5.41) is 2.43. The molecule has 0 spiro atoms. The van der Waals surface area contributed by atoms with E-state index < -0.39 is 0 Å². The van der Waals surface area contributed by atoms with Crippen LogP contribution in [0.15, 0.2) is 24.3 Å². The summed E-state index contributed by atoms with van der Waals surface area (Å²) in [5.41, 5.74) is 1.06. The highest BCUT2D eigenvalue weighted by molar-refractivity contribution is 7.11. The Balaban J connectivity index is 1.95. The molecule has 4 heteroatoms. The van der Waals surface area contributed by atoms with Gasteiger partial charge in [-0.2, -0.15) is 4.37 Å². The number of aromatic nitrogens is 1. The fourth-order valence-corrected chi connectivity index (χ4v) is 3.31. The van der Waals surface area contributed by atoms with Crippen molar-refractivity contribution in [2.24, 2.45) is 5.92 Å². The Morgan fingerprint density at radius 2 is 2.29 bits per heavy atom. The molecule has 1 aliphatic rings. The number of nitrogens with zero attached hydrogens (tertiary/aromatic N) is 2. The largest absolute Gasteiger partial charge is 0.361 e. The number of aldehydes is 1. The second kappa shape index (κ2) is 4.45. The second-order valence-electron chi connectivity index (χ2n) is 4.49. The van der Waals surface area contributed by atoms with Crippen molar-refractivity contribution in [1.29, 1.82) is 0 Å². The first-order valence-electron chi connectivity index (χ1n) is 5.93. The molecule has 2 heterocycles. The SMILES string of the molecule is O=CC1CCCN(c2snc3ccccc23)C1. The van der Waals surface area contributed by atoms with Gasteiger partial charge in [-0.25, -0.2) is 0 Å². The molecule has 1 aromatic carbocycles. The van der Waals surface area contributed by atoms with Crippen LogP contribution in [0.4, 0.5) is 5.00 Å². The van der Waals surface area contributed by atoms with Crippen LogP contribution < -0.4 is 4.90 Å². The molecule has 17 heavy (non-hydrogen) atoms. The fraction of sp³-hybridized carbons (Fsp3) is 0.385. The van der Waals surface area contributed by atoms with Crippen molar-refractivity contribution in [3.8, 4) is 0 Å². The molecule has 3 rings (SSSR count). The van der Waals surface area contributed by atoms with Crippen molar-refractivity contribution in [1.82, 2.24) is 4.37 Å². The third-order valence-corrected chi connectivity index (χ3v) is 4.24. The molecule has 2 aromatic rings. The van der Waals surface area contributed by atoms with Crippen LogP contribution in [0.5, 0.6) is 0 Å². The van der Waals surface area contributed by atoms with Crippen LogP contribution in [0.2, 0.25) is 0 Å². The summed E-state index contributed by atoms with van der Waals surface area (Å²) in [6, 6.07) is 8.20. The number of fused-ring (bicyclic) bond motifs is 1. The van der Waals surface area contributed by atoms with E-state index in [1.54, 1.807) is 11.5 Å². The van der Waals surface area contributed by atoms with Gasteiger partial charge in [0, 0.05) is 24.4 Å². The Morgan fingerprint density at radius 1 is 1.41 bits per heavy atom. The van der Waals surface area contributed by atoms with Crippen LogP contribution in [-0.2, 0) is 4.79 Å². The first kappa shape index (κ1) is 10.7. The number of hydrogen-bond acceptors (Lipinski definition) is 4. The molecule has 3 nitrogen and oxygen atoms in total. The van der Waals surface area contributed by atoms with E-state index in [9.17, 15) is 4.79 Å². The quantitative estimate of drug-likeness (QED) is 0.764. The van der Waals surface area contributed by atoms with Crippen LogP contribution in [0.25, 0.3) is 10.9 Å². The number of carbonyl (C=O) groups excluding carboxylic acids is 1. The predicted molar refractivity (Wildman–Crippen MR) is 70.6 cm³/mol. The molecule has 0 saturated carbocycles. The average Bonchev–Trinajstić information content (AvgIpc) is 2.82. The highest BCUT2D eigenvalue weighted by atomic mass is 32.1.